The molecule has 0 radical (unpaired) electrons. The van der Waals surface area contributed by atoms with Gasteiger partial charge in [0.2, 0.25) is 11.8 Å². The molecule has 1 aliphatic heterocycles. The van der Waals surface area contributed by atoms with Crippen molar-refractivity contribution in [2.45, 2.75) is 25.4 Å². The van der Waals surface area contributed by atoms with E-state index in [1.54, 1.807) is 7.11 Å². The third kappa shape index (κ3) is 5.24. The predicted molar refractivity (Wildman–Crippen MR) is 115 cm³/mol. The van der Waals surface area contributed by atoms with Crippen LogP contribution in [-0.4, -0.2) is 62.7 Å². The van der Waals surface area contributed by atoms with E-state index in [9.17, 15) is 0 Å². The topological polar surface area (TPSA) is 78.0 Å². The maximum Gasteiger partial charge on any atom is 0.237 e. The van der Waals surface area contributed by atoms with Gasteiger partial charge in [0, 0.05) is 32.0 Å². The summed E-state index contributed by atoms with van der Waals surface area (Å²) in [5.41, 5.74) is 1.93. The lowest BCUT2D eigenvalue weighted by Crippen LogP contribution is -2.36. The molecule has 2 aliphatic rings. The van der Waals surface area contributed by atoms with Gasteiger partial charge in [0.25, 0.3) is 0 Å². The summed E-state index contributed by atoms with van der Waals surface area (Å²) in [5.74, 6) is 1.51. The van der Waals surface area contributed by atoms with Crippen LogP contribution >= 0.6 is 11.6 Å². The molecule has 2 fully saturated rings. The van der Waals surface area contributed by atoms with Gasteiger partial charge in [-0.2, -0.15) is 4.98 Å². The van der Waals surface area contributed by atoms with Crippen LogP contribution in [0.1, 0.15) is 19.3 Å². The number of rotatable bonds is 9. The van der Waals surface area contributed by atoms with E-state index in [4.69, 9.17) is 30.5 Å². The Morgan fingerprint density at radius 1 is 1.23 bits per heavy atom. The van der Waals surface area contributed by atoms with Gasteiger partial charge in [0.15, 0.2) is 0 Å². The predicted octanol–water partition coefficient (Wildman–Crippen LogP) is 3.67. The number of benzene rings is 1. The standard InChI is InChI=1S/C21H27ClN4O4/c1-27-11-12-29-20-17(22)14-23-21(25-20)24-18-6-5-15(26-7-9-28-10-8-26)13-19(18)30-16-3-2-4-16/h5-6,13-14,16H,2-4,7-12H2,1H3,(H,23,24,25). The molecule has 4 rings (SSSR count). The minimum Gasteiger partial charge on any atom is -0.488 e. The number of halogens is 1. The Morgan fingerprint density at radius 2 is 2.07 bits per heavy atom. The molecule has 1 aromatic heterocycles. The molecule has 9 heteroatoms. The zero-order chi connectivity index (χ0) is 20.8. The van der Waals surface area contributed by atoms with Crippen molar-refractivity contribution in [2.24, 2.45) is 0 Å². The van der Waals surface area contributed by atoms with Crippen LogP contribution in [0.15, 0.2) is 24.4 Å². The third-order valence-electron chi connectivity index (χ3n) is 5.17. The van der Waals surface area contributed by atoms with Crippen molar-refractivity contribution in [3.05, 3.63) is 29.4 Å². The molecular formula is C21H27ClN4O4. The molecule has 8 nitrogen and oxygen atoms in total. The van der Waals surface area contributed by atoms with E-state index in [0.717, 1.165) is 56.3 Å². The summed E-state index contributed by atoms with van der Waals surface area (Å²) < 4.78 is 22.3. The lowest BCUT2D eigenvalue weighted by atomic mass is 9.96. The van der Waals surface area contributed by atoms with Crippen LogP contribution in [0.5, 0.6) is 11.6 Å². The number of hydrogen-bond donors (Lipinski definition) is 1. The van der Waals surface area contributed by atoms with Crippen molar-refractivity contribution in [3.8, 4) is 11.6 Å². The molecule has 2 aromatic rings. The first-order valence-corrected chi connectivity index (χ1v) is 10.7. The second-order valence-corrected chi connectivity index (χ2v) is 7.67. The summed E-state index contributed by atoms with van der Waals surface area (Å²) in [4.78, 5) is 11.0. The second-order valence-electron chi connectivity index (χ2n) is 7.26. The minimum absolute atomic E-state index is 0.254. The highest BCUT2D eigenvalue weighted by Crippen LogP contribution is 2.36. The van der Waals surface area contributed by atoms with Crippen LogP contribution in [0.2, 0.25) is 5.02 Å². The van der Waals surface area contributed by atoms with Crippen molar-refractivity contribution in [1.29, 1.82) is 0 Å². The molecule has 2 heterocycles. The highest BCUT2D eigenvalue weighted by Gasteiger charge is 2.22. The molecule has 1 saturated carbocycles. The Balaban J connectivity index is 1.54. The maximum atomic E-state index is 6.27. The summed E-state index contributed by atoms with van der Waals surface area (Å²) >= 11 is 6.15. The minimum atomic E-state index is 0.254. The second kappa shape index (κ2) is 10.1. The van der Waals surface area contributed by atoms with Crippen LogP contribution in [0.4, 0.5) is 17.3 Å². The van der Waals surface area contributed by atoms with Crippen LogP contribution in [-0.2, 0) is 9.47 Å². The monoisotopic (exact) mass is 434 g/mol. The average Bonchev–Trinajstić information content (AvgIpc) is 2.74. The normalized spacial score (nSPS) is 16.8. The molecule has 1 saturated heterocycles. The summed E-state index contributed by atoms with van der Waals surface area (Å²) in [7, 11) is 1.61. The molecule has 0 unspecified atom stereocenters. The van der Waals surface area contributed by atoms with E-state index >= 15 is 0 Å². The van der Waals surface area contributed by atoms with Gasteiger partial charge in [-0.25, -0.2) is 4.98 Å². The molecule has 0 bridgehead atoms. The molecule has 1 aliphatic carbocycles. The fraction of sp³-hybridized carbons (Fsp3) is 0.524. The van der Waals surface area contributed by atoms with Gasteiger partial charge in [-0.3, -0.25) is 0 Å². The molecule has 162 valence electrons. The highest BCUT2D eigenvalue weighted by atomic mass is 35.5. The van der Waals surface area contributed by atoms with Gasteiger partial charge in [0.1, 0.15) is 17.4 Å². The van der Waals surface area contributed by atoms with Gasteiger partial charge in [-0.05, 0) is 31.4 Å². The first-order valence-electron chi connectivity index (χ1n) is 10.3. The fourth-order valence-electron chi connectivity index (χ4n) is 3.25. The largest absolute Gasteiger partial charge is 0.488 e. The Hall–Kier alpha value is -2.29. The van der Waals surface area contributed by atoms with Gasteiger partial charge < -0.3 is 29.2 Å². The number of morpholine rings is 1. The summed E-state index contributed by atoms with van der Waals surface area (Å²) in [6.45, 7) is 4.03. The number of anilines is 3. The Morgan fingerprint density at radius 3 is 2.80 bits per heavy atom. The quantitative estimate of drug-likeness (QED) is 0.599. The number of hydrogen-bond acceptors (Lipinski definition) is 8. The van der Waals surface area contributed by atoms with Gasteiger partial charge >= 0.3 is 0 Å². The zero-order valence-electron chi connectivity index (χ0n) is 17.1. The van der Waals surface area contributed by atoms with Crippen molar-refractivity contribution >= 4 is 28.9 Å². The zero-order valence-corrected chi connectivity index (χ0v) is 17.9. The maximum absolute atomic E-state index is 6.27. The van der Waals surface area contributed by atoms with Gasteiger partial charge in [0.05, 0.1) is 37.8 Å². The first-order chi connectivity index (χ1) is 14.7. The lowest BCUT2D eigenvalue weighted by Gasteiger charge is -2.31. The van der Waals surface area contributed by atoms with Crippen molar-refractivity contribution in [3.63, 3.8) is 0 Å². The van der Waals surface area contributed by atoms with Crippen LogP contribution in [0.3, 0.4) is 0 Å². The molecular weight excluding hydrogens is 408 g/mol. The lowest BCUT2D eigenvalue weighted by molar-refractivity contribution is 0.119. The Kier molecular flexibility index (Phi) is 7.09. The van der Waals surface area contributed by atoms with Crippen LogP contribution in [0.25, 0.3) is 0 Å². The summed E-state index contributed by atoms with van der Waals surface area (Å²) in [5, 5.41) is 3.61. The van der Waals surface area contributed by atoms with Crippen LogP contribution in [0, 0.1) is 0 Å². The van der Waals surface area contributed by atoms with E-state index < -0.39 is 0 Å². The van der Waals surface area contributed by atoms with Gasteiger partial charge in [-0.1, -0.05) is 11.6 Å². The molecule has 1 aromatic carbocycles. The Labute approximate surface area is 181 Å². The molecule has 0 atom stereocenters. The fourth-order valence-corrected chi connectivity index (χ4v) is 3.40. The number of ether oxygens (including phenoxy) is 4. The average molecular weight is 435 g/mol. The molecule has 30 heavy (non-hydrogen) atoms. The number of nitrogens with one attached hydrogen (secondary N) is 1. The summed E-state index contributed by atoms with van der Waals surface area (Å²) in [6.07, 6.45) is 5.14. The number of methoxy groups -OCH3 is 1. The van der Waals surface area contributed by atoms with Crippen LogP contribution < -0.4 is 19.7 Å². The van der Waals surface area contributed by atoms with E-state index in [1.165, 1.54) is 12.6 Å². The van der Waals surface area contributed by atoms with E-state index in [1.807, 2.05) is 6.07 Å². The SMILES string of the molecule is COCCOc1nc(Nc2ccc(N3CCOCC3)cc2OC2CCC2)ncc1Cl. The first kappa shape index (κ1) is 21.0. The molecule has 0 amide bonds. The van der Waals surface area contributed by atoms with E-state index in [0.29, 0.717) is 30.1 Å². The highest BCUT2D eigenvalue weighted by molar-refractivity contribution is 6.31. The van der Waals surface area contributed by atoms with E-state index in [2.05, 4.69) is 32.3 Å². The van der Waals surface area contributed by atoms with Crippen molar-refractivity contribution in [2.75, 3.05) is 56.8 Å². The van der Waals surface area contributed by atoms with E-state index in [-0.39, 0.29) is 6.10 Å². The van der Waals surface area contributed by atoms with Gasteiger partial charge in [-0.15, -0.1) is 0 Å². The third-order valence-corrected chi connectivity index (χ3v) is 5.43. The van der Waals surface area contributed by atoms with Crippen molar-refractivity contribution in [1.82, 2.24) is 9.97 Å². The smallest absolute Gasteiger partial charge is 0.237 e. The molecule has 1 N–H and O–H groups in total. The Bertz CT molecular complexity index is 844. The summed E-state index contributed by atoms with van der Waals surface area (Å²) in [6, 6.07) is 6.16. The van der Waals surface area contributed by atoms with Crippen molar-refractivity contribution < 1.29 is 18.9 Å². The molecule has 0 spiro atoms. The number of nitrogens with zero attached hydrogens (tertiary/aromatic N) is 3. The number of aromatic nitrogens is 2.